The molecule has 230 valence electrons. The third-order valence-corrected chi connectivity index (χ3v) is 7.81. The number of ether oxygens (including phenoxy) is 2. The molecule has 0 aliphatic carbocycles. The van der Waals surface area contributed by atoms with Crippen molar-refractivity contribution in [1.29, 1.82) is 5.26 Å². The molecule has 0 radical (unpaired) electrons. The van der Waals surface area contributed by atoms with Gasteiger partial charge < -0.3 is 30.3 Å². The van der Waals surface area contributed by atoms with E-state index in [1.54, 1.807) is 0 Å². The summed E-state index contributed by atoms with van der Waals surface area (Å²) in [5.41, 5.74) is 4.30. The number of carbonyl (C=O) groups is 1. The first kappa shape index (κ1) is 30.8. The van der Waals surface area contributed by atoms with Gasteiger partial charge in [0.1, 0.15) is 17.4 Å². The third kappa shape index (κ3) is 7.45. The molecular formula is C33H40N8O3. The second-order valence-corrected chi connectivity index (χ2v) is 11.2. The van der Waals surface area contributed by atoms with Crippen LogP contribution in [0.4, 0.5) is 34.5 Å². The van der Waals surface area contributed by atoms with Crippen LogP contribution in [0.3, 0.4) is 0 Å². The molecule has 0 atom stereocenters. The van der Waals surface area contributed by atoms with Crippen molar-refractivity contribution in [3.05, 3.63) is 66.4 Å². The van der Waals surface area contributed by atoms with Crippen molar-refractivity contribution in [2.45, 2.75) is 45.8 Å². The summed E-state index contributed by atoms with van der Waals surface area (Å²) >= 11 is 0. The maximum absolute atomic E-state index is 12.5. The molecule has 11 heteroatoms. The molecule has 3 heterocycles. The Morgan fingerprint density at radius 3 is 2.57 bits per heavy atom. The van der Waals surface area contributed by atoms with Gasteiger partial charge in [-0.05, 0) is 69.5 Å². The predicted molar refractivity (Wildman–Crippen MR) is 173 cm³/mol. The van der Waals surface area contributed by atoms with Crippen LogP contribution < -0.4 is 25.6 Å². The van der Waals surface area contributed by atoms with Crippen LogP contribution in [-0.2, 0) is 9.53 Å². The monoisotopic (exact) mass is 596 g/mol. The predicted octanol–water partition coefficient (Wildman–Crippen LogP) is 5.36. The molecule has 0 bridgehead atoms. The van der Waals surface area contributed by atoms with Crippen molar-refractivity contribution < 1.29 is 14.3 Å². The number of nitrogens with one attached hydrogen (secondary N) is 3. The highest BCUT2D eigenvalue weighted by Gasteiger charge is 2.27. The first-order valence-corrected chi connectivity index (χ1v) is 15.1. The lowest BCUT2D eigenvalue weighted by atomic mass is 10.0. The molecule has 2 saturated heterocycles. The number of benzene rings is 2. The number of carbonyl (C=O) groups excluding carboxylic acids is 1. The Bertz CT molecular complexity index is 1520. The molecule has 2 aromatic carbocycles. The molecule has 44 heavy (non-hydrogen) atoms. The lowest BCUT2D eigenvalue weighted by Gasteiger charge is -2.41. The van der Waals surface area contributed by atoms with Gasteiger partial charge >= 0.3 is 0 Å². The highest BCUT2D eigenvalue weighted by Crippen LogP contribution is 2.36. The highest BCUT2D eigenvalue weighted by molar-refractivity contribution is 6.02. The minimum absolute atomic E-state index is 0.0254. The van der Waals surface area contributed by atoms with Gasteiger partial charge in [0.25, 0.3) is 0 Å². The molecular weight excluding hydrogens is 556 g/mol. The van der Waals surface area contributed by atoms with E-state index in [9.17, 15) is 10.1 Å². The summed E-state index contributed by atoms with van der Waals surface area (Å²) in [6.07, 6.45) is 4.84. The number of anilines is 6. The maximum Gasteiger partial charge on any atom is 0.247 e. The van der Waals surface area contributed by atoms with Crippen LogP contribution in [0.15, 0.2) is 55.3 Å². The van der Waals surface area contributed by atoms with Crippen LogP contribution in [-0.4, -0.2) is 72.3 Å². The molecule has 3 N–H and O–H groups in total. The van der Waals surface area contributed by atoms with Gasteiger partial charge in [0.2, 0.25) is 11.9 Å². The van der Waals surface area contributed by atoms with Gasteiger partial charge in [-0.3, -0.25) is 9.69 Å². The zero-order chi connectivity index (χ0) is 31.1. The van der Waals surface area contributed by atoms with E-state index in [4.69, 9.17) is 9.47 Å². The van der Waals surface area contributed by atoms with Crippen LogP contribution >= 0.6 is 0 Å². The van der Waals surface area contributed by atoms with E-state index in [0.29, 0.717) is 34.7 Å². The van der Waals surface area contributed by atoms with Crippen molar-refractivity contribution in [2.75, 3.05) is 60.2 Å². The van der Waals surface area contributed by atoms with E-state index in [-0.39, 0.29) is 23.5 Å². The van der Waals surface area contributed by atoms with Crippen molar-refractivity contribution in [2.24, 2.45) is 0 Å². The van der Waals surface area contributed by atoms with E-state index < -0.39 is 0 Å². The largest absolute Gasteiger partial charge is 0.489 e. The van der Waals surface area contributed by atoms with Crippen LogP contribution in [0.25, 0.3) is 0 Å². The Kier molecular flexibility index (Phi) is 9.94. The number of morpholine rings is 1. The van der Waals surface area contributed by atoms with Gasteiger partial charge in [0.15, 0.2) is 5.82 Å². The number of amides is 1. The van der Waals surface area contributed by atoms with Crippen LogP contribution in [0.5, 0.6) is 5.75 Å². The van der Waals surface area contributed by atoms with Gasteiger partial charge in [-0.2, -0.15) is 10.2 Å². The topological polar surface area (TPSA) is 128 Å². The number of hydrogen-bond donors (Lipinski definition) is 3. The number of nitrogens with zero attached hydrogens (tertiary/aromatic N) is 5. The fraction of sp³-hybridized carbons (Fsp3) is 0.394. The van der Waals surface area contributed by atoms with E-state index in [2.05, 4.69) is 55.3 Å². The van der Waals surface area contributed by atoms with Crippen LogP contribution in [0.2, 0.25) is 0 Å². The average Bonchev–Trinajstić information content (AvgIpc) is 3.03. The summed E-state index contributed by atoms with van der Waals surface area (Å²) < 4.78 is 11.5. The maximum atomic E-state index is 12.5. The summed E-state index contributed by atoms with van der Waals surface area (Å²) in [5, 5.41) is 19.2. The molecule has 3 aromatic rings. The van der Waals surface area contributed by atoms with Gasteiger partial charge in [0.05, 0.1) is 42.6 Å². The zero-order valence-corrected chi connectivity index (χ0v) is 25.6. The van der Waals surface area contributed by atoms with E-state index >= 15 is 0 Å². The number of piperidine rings is 1. The van der Waals surface area contributed by atoms with Gasteiger partial charge in [-0.25, -0.2) is 4.98 Å². The Balaban J connectivity index is 1.39. The van der Waals surface area contributed by atoms with Crippen molar-refractivity contribution in [1.82, 2.24) is 14.9 Å². The first-order valence-electron chi connectivity index (χ1n) is 15.1. The number of hydrogen-bond acceptors (Lipinski definition) is 10. The molecule has 11 nitrogen and oxygen atoms in total. The Labute approximate surface area is 258 Å². The second-order valence-electron chi connectivity index (χ2n) is 11.2. The van der Waals surface area contributed by atoms with E-state index in [1.807, 2.05) is 50.2 Å². The normalized spacial score (nSPS) is 15.8. The highest BCUT2D eigenvalue weighted by atomic mass is 16.5. The zero-order valence-electron chi connectivity index (χ0n) is 25.6. The van der Waals surface area contributed by atoms with Gasteiger partial charge in [0, 0.05) is 37.9 Å². The molecule has 0 unspecified atom stereocenters. The molecule has 0 spiro atoms. The molecule has 2 aliphatic heterocycles. The smallest absolute Gasteiger partial charge is 0.247 e. The summed E-state index contributed by atoms with van der Waals surface area (Å²) in [6, 6.07) is 14.2. The lowest BCUT2D eigenvalue weighted by Crippen LogP contribution is -2.49. The average molecular weight is 597 g/mol. The standard InChI is InChI=1S/C33H40N8O3/c1-5-31(42)36-28-19-29(41-12-10-25(11-13-41)40-14-16-43-17-15-40)23(4)18-27(28)38-33-35-21-24(20-34)32(39-33)37-26-8-6-7-9-30(26)44-22(2)3/h5-9,18-19,21-22,25H,1,10-17H2,2-4H3,(H,36,42)(H2,35,37,38,39). The van der Waals surface area contributed by atoms with Crippen molar-refractivity contribution >= 4 is 40.4 Å². The summed E-state index contributed by atoms with van der Waals surface area (Å²) in [4.78, 5) is 26.4. The number of rotatable bonds is 10. The number of aryl methyl sites for hydroxylation is 1. The molecule has 0 saturated carbocycles. The fourth-order valence-corrected chi connectivity index (χ4v) is 5.64. The summed E-state index contributed by atoms with van der Waals surface area (Å²) in [7, 11) is 0. The van der Waals surface area contributed by atoms with E-state index in [1.165, 1.54) is 12.3 Å². The molecule has 1 aromatic heterocycles. The fourth-order valence-electron chi connectivity index (χ4n) is 5.64. The molecule has 1 amide bonds. The summed E-state index contributed by atoms with van der Waals surface area (Å²) in [5.74, 6) is 0.923. The third-order valence-electron chi connectivity index (χ3n) is 7.81. The molecule has 5 rings (SSSR count). The van der Waals surface area contributed by atoms with Gasteiger partial charge in [-0.15, -0.1) is 0 Å². The first-order chi connectivity index (χ1) is 21.3. The number of para-hydroxylation sites is 2. The lowest BCUT2D eigenvalue weighted by molar-refractivity contribution is -0.111. The van der Waals surface area contributed by atoms with Gasteiger partial charge in [-0.1, -0.05) is 18.7 Å². The van der Waals surface area contributed by atoms with Crippen LogP contribution in [0.1, 0.15) is 37.8 Å². The molecule has 2 fully saturated rings. The Morgan fingerprint density at radius 1 is 1.11 bits per heavy atom. The Morgan fingerprint density at radius 2 is 1.86 bits per heavy atom. The van der Waals surface area contributed by atoms with Crippen LogP contribution in [0, 0.1) is 18.3 Å². The molecule has 2 aliphatic rings. The number of aromatic nitrogens is 2. The summed E-state index contributed by atoms with van der Waals surface area (Å²) in [6.45, 7) is 15.0. The minimum atomic E-state index is -0.321. The van der Waals surface area contributed by atoms with E-state index in [0.717, 1.165) is 63.5 Å². The second kappa shape index (κ2) is 14.2. The Hall–Kier alpha value is -4.66. The quantitative estimate of drug-likeness (QED) is 0.263. The van der Waals surface area contributed by atoms with Crippen molar-refractivity contribution in [3.8, 4) is 11.8 Å². The van der Waals surface area contributed by atoms with Crippen molar-refractivity contribution in [3.63, 3.8) is 0 Å². The SMILES string of the molecule is C=CC(=O)Nc1cc(N2CCC(N3CCOCC3)CC2)c(C)cc1Nc1ncc(C#N)c(Nc2ccccc2OC(C)C)n1. The number of nitriles is 1. The minimum Gasteiger partial charge on any atom is -0.489 e.